The SMILES string of the molecule is Cc1nn(C)cc1C(=O)Nc1ccc2c(c1F)CCNC2. The average molecular weight is 288 g/mol. The van der Waals surface area contributed by atoms with Crippen LogP contribution >= 0.6 is 0 Å². The Bertz CT molecular complexity index is 708. The van der Waals surface area contributed by atoms with E-state index in [4.69, 9.17) is 0 Å². The second-order valence-corrected chi connectivity index (χ2v) is 5.25. The summed E-state index contributed by atoms with van der Waals surface area (Å²) in [5.41, 5.74) is 2.95. The van der Waals surface area contributed by atoms with E-state index >= 15 is 0 Å². The Morgan fingerprint density at radius 3 is 3.00 bits per heavy atom. The lowest BCUT2D eigenvalue weighted by Gasteiger charge is -2.19. The van der Waals surface area contributed by atoms with Crippen LogP contribution < -0.4 is 10.6 Å². The Balaban J connectivity index is 1.88. The van der Waals surface area contributed by atoms with Crippen molar-refractivity contribution in [2.24, 2.45) is 7.05 Å². The molecule has 5 nitrogen and oxygen atoms in total. The minimum atomic E-state index is -0.339. The van der Waals surface area contributed by atoms with Crippen molar-refractivity contribution in [1.82, 2.24) is 15.1 Å². The number of fused-ring (bicyclic) bond motifs is 1. The number of hydrogen-bond donors (Lipinski definition) is 2. The third-order valence-electron chi connectivity index (χ3n) is 3.71. The molecule has 0 unspecified atom stereocenters. The maximum Gasteiger partial charge on any atom is 0.259 e. The van der Waals surface area contributed by atoms with Crippen molar-refractivity contribution in [2.75, 3.05) is 11.9 Å². The molecule has 0 aliphatic carbocycles. The first-order valence-corrected chi connectivity index (χ1v) is 6.89. The molecule has 2 heterocycles. The van der Waals surface area contributed by atoms with E-state index in [2.05, 4.69) is 15.7 Å². The van der Waals surface area contributed by atoms with Gasteiger partial charge in [-0.2, -0.15) is 5.10 Å². The molecule has 0 saturated heterocycles. The summed E-state index contributed by atoms with van der Waals surface area (Å²) in [6.07, 6.45) is 2.27. The van der Waals surface area contributed by atoms with E-state index in [1.54, 1.807) is 30.9 Å². The molecule has 21 heavy (non-hydrogen) atoms. The van der Waals surface area contributed by atoms with E-state index in [1.807, 2.05) is 6.07 Å². The van der Waals surface area contributed by atoms with Crippen LogP contribution in [-0.4, -0.2) is 22.2 Å². The highest BCUT2D eigenvalue weighted by Crippen LogP contribution is 2.25. The monoisotopic (exact) mass is 288 g/mol. The standard InChI is InChI=1S/C15H17FN4O/c1-9-12(8-20(2)19-9)15(21)18-13-4-3-10-7-17-6-5-11(10)14(13)16/h3-4,8,17H,5-7H2,1-2H3,(H,18,21). The lowest BCUT2D eigenvalue weighted by Crippen LogP contribution is -2.25. The average Bonchev–Trinajstić information content (AvgIpc) is 2.81. The predicted molar refractivity (Wildman–Crippen MR) is 77.7 cm³/mol. The molecule has 1 aliphatic rings. The number of carbonyl (C=O) groups excluding carboxylic acids is 1. The molecular formula is C15H17FN4O. The second-order valence-electron chi connectivity index (χ2n) is 5.25. The van der Waals surface area contributed by atoms with Gasteiger partial charge < -0.3 is 10.6 Å². The van der Waals surface area contributed by atoms with Crippen molar-refractivity contribution in [3.05, 3.63) is 46.5 Å². The van der Waals surface area contributed by atoms with Gasteiger partial charge in [0.15, 0.2) is 0 Å². The van der Waals surface area contributed by atoms with Crippen LogP contribution in [0, 0.1) is 12.7 Å². The van der Waals surface area contributed by atoms with Gasteiger partial charge in [0.05, 0.1) is 16.9 Å². The van der Waals surface area contributed by atoms with Gasteiger partial charge in [-0.1, -0.05) is 6.07 Å². The first-order valence-electron chi connectivity index (χ1n) is 6.89. The molecule has 0 spiro atoms. The fraction of sp³-hybridized carbons (Fsp3) is 0.333. The Morgan fingerprint density at radius 1 is 1.48 bits per heavy atom. The summed E-state index contributed by atoms with van der Waals surface area (Å²) < 4.78 is 16.0. The number of benzene rings is 1. The molecule has 1 amide bonds. The third-order valence-corrected chi connectivity index (χ3v) is 3.71. The highest BCUT2D eigenvalue weighted by Gasteiger charge is 2.19. The van der Waals surface area contributed by atoms with Crippen LogP contribution in [0.4, 0.5) is 10.1 Å². The number of aromatic nitrogens is 2. The fourth-order valence-electron chi connectivity index (χ4n) is 2.64. The van der Waals surface area contributed by atoms with Crippen LogP contribution in [-0.2, 0) is 20.0 Å². The summed E-state index contributed by atoms with van der Waals surface area (Å²) >= 11 is 0. The summed E-state index contributed by atoms with van der Waals surface area (Å²) in [6.45, 7) is 3.18. The smallest absolute Gasteiger partial charge is 0.259 e. The topological polar surface area (TPSA) is 59.0 Å². The zero-order valence-corrected chi connectivity index (χ0v) is 12.0. The number of aryl methyl sites for hydroxylation is 2. The summed E-state index contributed by atoms with van der Waals surface area (Å²) in [7, 11) is 1.75. The van der Waals surface area contributed by atoms with Gasteiger partial charge in [0.25, 0.3) is 5.91 Å². The number of anilines is 1. The zero-order chi connectivity index (χ0) is 15.0. The van der Waals surface area contributed by atoms with Crippen molar-refractivity contribution < 1.29 is 9.18 Å². The van der Waals surface area contributed by atoms with Crippen LogP contribution in [0.5, 0.6) is 0 Å². The van der Waals surface area contributed by atoms with Gasteiger partial charge >= 0.3 is 0 Å². The number of rotatable bonds is 2. The van der Waals surface area contributed by atoms with Crippen LogP contribution in [0.2, 0.25) is 0 Å². The largest absolute Gasteiger partial charge is 0.319 e. The number of carbonyl (C=O) groups is 1. The molecule has 6 heteroatoms. The summed E-state index contributed by atoms with van der Waals surface area (Å²) in [4.78, 5) is 12.2. The normalized spacial score (nSPS) is 13.9. The number of amides is 1. The molecular weight excluding hydrogens is 271 g/mol. The van der Waals surface area contributed by atoms with Gasteiger partial charge in [0, 0.05) is 19.8 Å². The molecule has 1 aromatic heterocycles. The lowest BCUT2D eigenvalue weighted by molar-refractivity contribution is 0.102. The number of nitrogens with one attached hydrogen (secondary N) is 2. The second kappa shape index (κ2) is 5.29. The predicted octanol–water partition coefficient (Wildman–Crippen LogP) is 1.77. The summed E-state index contributed by atoms with van der Waals surface area (Å²) in [6, 6.07) is 3.47. The summed E-state index contributed by atoms with van der Waals surface area (Å²) in [5.74, 6) is -0.669. The molecule has 0 radical (unpaired) electrons. The Morgan fingerprint density at radius 2 is 2.29 bits per heavy atom. The number of halogens is 1. The van der Waals surface area contributed by atoms with Crippen molar-refractivity contribution in [2.45, 2.75) is 19.9 Å². The minimum Gasteiger partial charge on any atom is -0.319 e. The Kier molecular flexibility index (Phi) is 3.47. The first kappa shape index (κ1) is 13.8. The number of hydrogen-bond acceptors (Lipinski definition) is 3. The van der Waals surface area contributed by atoms with Gasteiger partial charge in [-0.15, -0.1) is 0 Å². The zero-order valence-electron chi connectivity index (χ0n) is 12.0. The van der Waals surface area contributed by atoms with Crippen molar-refractivity contribution in [3.63, 3.8) is 0 Å². The van der Waals surface area contributed by atoms with Gasteiger partial charge in [0.1, 0.15) is 5.82 Å². The van der Waals surface area contributed by atoms with Crippen molar-refractivity contribution >= 4 is 11.6 Å². The van der Waals surface area contributed by atoms with Crippen LogP contribution in [0.25, 0.3) is 0 Å². The van der Waals surface area contributed by atoms with Crippen molar-refractivity contribution in [1.29, 1.82) is 0 Å². The molecule has 2 N–H and O–H groups in total. The van der Waals surface area contributed by atoms with Gasteiger partial charge in [-0.3, -0.25) is 9.48 Å². The first-order chi connectivity index (χ1) is 10.1. The molecule has 0 fully saturated rings. The molecule has 0 atom stereocenters. The van der Waals surface area contributed by atoms with E-state index in [-0.39, 0.29) is 17.4 Å². The van der Waals surface area contributed by atoms with Crippen LogP contribution in [0.3, 0.4) is 0 Å². The summed E-state index contributed by atoms with van der Waals surface area (Å²) in [5, 5.41) is 9.96. The van der Waals surface area contributed by atoms with Crippen molar-refractivity contribution in [3.8, 4) is 0 Å². The maximum atomic E-state index is 14.5. The molecule has 0 bridgehead atoms. The minimum absolute atomic E-state index is 0.226. The molecule has 1 aromatic carbocycles. The van der Waals surface area contributed by atoms with E-state index < -0.39 is 0 Å². The highest BCUT2D eigenvalue weighted by atomic mass is 19.1. The highest BCUT2D eigenvalue weighted by molar-refractivity contribution is 6.05. The van der Waals surface area contributed by atoms with Gasteiger partial charge in [0.2, 0.25) is 0 Å². The fourth-order valence-corrected chi connectivity index (χ4v) is 2.64. The molecule has 2 aromatic rings. The van der Waals surface area contributed by atoms with Gasteiger partial charge in [-0.25, -0.2) is 4.39 Å². The van der Waals surface area contributed by atoms with Gasteiger partial charge in [-0.05, 0) is 37.1 Å². The Hall–Kier alpha value is -2.21. The third kappa shape index (κ3) is 2.54. The molecule has 1 aliphatic heterocycles. The molecule has 110 valence electrons. The van der Waals surface area contributed by atoms with E-state index in [0.717, 1.165) is 12.1 Å². The molecule has 0 saturated carbocycles. The maximum absolute atomic E-state index is 14.5. The van der Waals surface area contributed by atoms with Crippen LogP contribution in [0.15, 0.2) is 18.3 Å². The van der Waals surface area contributed by atoms with Crippen LogP contribution in [0.1, 0.15) is 27.2 Å². The molecule has 3 rings (SSSR count). The van der Waals surface area contributed by atoms with E-state index in [9.17, 15) is 9.18 Å². The van der Waals surface area contributed by atoms with E-state index in [0.29, 0.717) is 29.8 Å². The quantitative estimate of drug-likeness (QED) is 0.885. The number of nitrogens with zero attached hydrogens (tertiary/aromatic N) is 2. The van der Waals surface area contributed by atoms with E-state index in [1.165, 1.54) is 0 Å². The Labute approximate surface area is 122 Å². The lowest BCUT2D eigenvalue weighted by atomic mass is 9.99.